The number of sulfonamides is 1. The zero-order chi connectivity index (χ0) is 24.6. The zero-order valence-electron chi connectivity index (χ0n) is 18.3. The van der Waals surface area contributed by atoms with Gasteiger partial charge in [-0.2, -0.15) is 13.2 Å². The summed E-state index contributed by atoms with van der Waals surface area (Å²) < 4.78 is 73.9. The second-order valence-corrected chi connectivity index (χ2v) is 10.0. The smallest absolute Gasteiger partial charge is 0.416 e. The third kappa shape index (κ3) is 5.52. The van der Waals surface area contributed by atoms with Crippen molar-refractivity contribution in [3.63, 3.8) is 0 Å². The Balaban J connectivity index is 2.11. The predicted octanol–water partition coefficient (Wildman–Crippen LogP) is 4.70. The molecule has 2 aromatic carbocycles. The quantitative estimate of drug-likeness (QED) is 0.615. The van der Waals surface area contributed by atoms with Crippen molar-refractivity contribution >= 4 is 27.4 Å². The van der Waals surface area contributed by atoms with Crippen LogP contribution in [0.4, 0.5) is 24.5 Å². The first-order chi connectivity index (χ1) is 15.3. The number of nitrogens with zero attached hydrogens (tertiary/aromatic N) is 1. The zero-order valence-corrected chi connectivity index (χ0v) is 19.1. The van der Waals surface area contributed by atoms with E-state index in [4.69, 9.17) is 4.74 Å². The summed E-state index contributed by atoms with van der Waals surface area (Å²) in [6, 6.07) is 6.19. The van der Waals surface area contributed by atoms with Gasteiger partial charge in [0.25, 0.3) is 10.0 Å². The highest BCUT2D eigenvalue weighted by atomic mass is 32.2. The molecule has 180 valence electrons. The molecule has 0 bridgehead atoms. The molecule has 2 atom stereocenters. The fourth-order valence-corrected chi connectivity index (χ4v) is 5.41. The topological polar surface area (TPSA) is 95.9 Å². The van der Waals surface area contributed by atoms with Crippen molar-refractivity contribution in [1.29, 1.82) is 0 Å². The monoisotopic (exact) mass is 486 g/mol. The fraction of sp³-hybridized carbons (Fsp3) is 0.409. The highest BCUT2D eigenvalue weighted by Gasteiger charge is 2.33. The van der Waals surface area contributed by atoms with E-state index >= 15 is 0 Å². The van der Waals surface area contributed by atoms with E-state index in [0.29, 0.717) is 18.8 Å². The van der Waals surface area contributed by atoms with E-state index in [1.807, 2.05) is 18.7 Å². The number of hydrogen-bond donors (Lipinski definition) is 2. The van der Waals surface area contributed by atoms with Crippen LogP contribution in [0.15, 0.2) is 41.3 Å². The number of benzene rings is 2. The first kappa shape index (κ1) is 24.7. The molecular weight excluding hydrogens is 461 g/mol. The van der Waals surface area contributed by atoms with Gasteiger partial charge in [-0.15, -0.1) is 0 Å². The van der Waals surface area contributed by atoms with Crippen LogP contribution in [0.3, 0.4) is 0 Å². The number of carboxylic acid groups (broad SMARTS) is 1. The molecule has 1 saturated heterocycles. The third-order valence-corrected chi connectivity index (χ3v) is 6.86. The Bertz CT molecular complexity index is 1140. The van der Waals surface area contributed by atoms with Crippen molar-refractivity contribution in [1.82, 2.24) is 0 Å². The van der Waals surface area contributed by atoms with Crippen molar-refractivity contribution < 1.29 is 36.2 Å². The van der Waals surface area contributed by atoms with Gasteiger partial charge in [-0.05, 0) is 54.7 Å². The molecule has 2 aromatic rings. The van der Waals surface area contributed by atoms with Crippen molar-refractivity contribution in [2.75, 3.05) is 29.8 Å². The minimum absolute atomic E-state index is 0.138. The predicted molar refractivity (Wildman–Crippen MR) is 117 cm³/mol. The minimum Gasteiger partial charge on any atom is -0.495 e. The van der Waals surface area contributed by atoms with Gasteiger partial charge in [0.2, 0.25) is 0 Å². The van der Waals surface area contributed by atoms with Gasteiger partial charge in [0.05, 0.1) is 29.6 Å². The molecule has 1 fully saturated rings. The van der Waals surface area contributed by atoms with Crippen molar-refractivity contribution in [2.45, 2.75) is 31.3 Å². The lowest BCUT2D eigenvalue weighted by Crippen LogP contribution is -2.39. The number of halogens is 3. The molecule has 33 heavy (non-hydrogen) atoms. The molecule has 2 unspecified atom stereocenters. The maximum Gasteiger partial charge on any atom is 0.416 e. The van der Waals surface area contributed by atoms with Crippen LogP contribution in [0.5, 0.6) is 5.75 Å². The first-order valence-corrected chi connectivity index (χ1v) is 11.7. The molecule has 11 heteroatoms. The van der Waals surface area contributed by atoms with Gasteiger partial charge >= 0.3 is 12.1 Å². The summed E-state index contributed by atoms with van der Waals surface area (Å²) in [6.45, 7) is 5.17. The number of rotatable bonds is 6. The van der Waals surface area contributed by atoms with Crippen LogP contribution in [0.25, 0.3) is 0 Å². The third-order valence-electron chi connectivity index (χ3n) is 5.48. The van der Waals surface area contributed by atoms with E-state index in [1.165, 1.54) is 25.3 Å². The number of anilines is 2. The molecule has 1 heterocycles. The van der Waals surface area contributed by atoms with Crippen LogP contribution in [0.2, 0.25) is 0 Å². The van der Waals surface area contributed by atoms with E-state index in [0.717, 1.165) is 24.6 Å². The molecule has 0 aromatic heterocycles. The van der Waals surface area contributed by atoms with Gasteiger partial charge in [-0.3, -0.25) is 4.72 Å². The minimum atomic E-state index is -4.68. The number of carbonyl (C=O) groups is 1. The molecular formula is C22H25F3N2O5S. The Kier molecular flexibility index (Phi) is 6.83. The number of alkyl halides is 3. The van der Waals surface area contributed by atoms with Gasteiger partial charge in [0, 0.05) is 13.1 Å². The second-order valence-electron chi connectivity index (χ2n) is 8.36. The summed E-state index contributed by atoms with van der Waals surface area (Å²) in [6.07, 6.45) is -3.72. The average molecular weight is 487 g/mol. The second kappa shape index (κ2) is 9.12. The number of piperidine rings is 1. The Morgan fingerprint density at radius 1 is 1.12 bits per heavy atom. The number of ether oxygens (including phenoxy) is 1. The van der Waals surface area contributed by atoms with E-state index in [1.54, 1.807) is 0 Å². The molecule has 0 spiro atoms. The highest BCUT2D eigenvalue weighted by molar-refractivity contribution is 7.92. The molecule has 0 saturated carbocycles. The summed E-state index contributed by atoms with van der Waals surface area (Å²) in [5, 5.41) is 9.23. The highest BCUT2D eigenvalue weighted by Crippen LogP contribution is 2.39. The fourth-order valence-electron chi connectivity index (χ4n) is 4.15. The molecule has 7 nitrogen and oxygen atoms in total. The molecule has 3 rings (SSSR count). The van der Waals surface area contributed by atoms with Crippen LogP contribution in [-0.2, 0) is 16.2 Å². The molecule has 1 aliphatic rings. The summed E-state index contributed by atoms with van der Waals surface area (Å²) in [7, 11) is -3.29. The Morgan fingerprint density at radius 2 is 1.76 bits per heavy atom. The molecule has 2 N–H and O–H groups in total. The Labute approximate surface area is 190 Å². The molecule has 0 radical (unpaired) electrons. The van der Waals surface area contributed by atoms with Crippen molar-refractivity contribution in [3.8, 4) is 5.75 Å². The summed E-state index contributed by atoms with van der Waals surface area (Å²) in [4.78, 5) is 12.7. The lowest BCUT2D eigenvalue weighted by atomic mass is 9.91. The maximum absolute atomic E-state index is 13.4. The number of methoxy groups -OCH3 is 1. The Morgan fingerprint density at radius 3 is 2.30 bits per heavy atom. The number of hydrogen-bond acceptors (Lipinski definition) is 5. The maximum atomic E-state index is 13.4. The van der Waals surface area contributed by atoms with E-state index < -0.39 is 32.6 Å². The summed E-state index contributed by atoms with van der Waals surface area (Å²) >= 11 is 0. The van der Waals surface area contributed by atoms with Gasteiger partial charge in [-0.25, -0.2) is 13.2 Å². The van der Waals surface area contributed by atoms with Crippen molar-refractivity contribution in [2.24, 2.45) is 11.8 Å². The summed E-state index contributed by atoms with van der Waals surface area (Å²) in [5.41, 5.74) is -1.24. The van der Waals surface area contributed by atoms with E-state index in [2.05, 4.69) is 4.72 Å². The van der Waals surface area contributed by atoms with Crippen LogP contribution < -0.4 is 14.4 Å². The lowest BCUT2D eigenvalue weighted by Gasteiger charge is -2.37. The standard InChI is InChI=1S/C22H25F3N2O5S/c1-13-8-14(2)12-27(11-13)18-6-5-16(22(23,24)25)10-17(18)26-33(30,31)20-9-15(21(28)29)4-7-19(20)32-3/h4-7,9-10,13-14,26H,8,11-12H2,1-3H3,(H,28,29). The number of nitrogens with one attached hydrogen (secondary N) is 1. The van der Waals surface area contributed by atoms with Crippen LogP contribution >= 0.6 is 0 Å². The number of carboxylic acids is 1. The average Bonchev–Trinajstić information content (AvgIpc) is 2.71. The molecule has 0 amide bonds. The lowest BCUT2D eigenvalue weighted by molar-refractivity contribution is -0.137. The van der Waals surface area contributed by atoms with Crippen LogP contribution in [-0.4, -0.2) is 39.7 Å². The van der Waals surface area contributed by atoms with Crippen LogP contribution in [0, 0.1) is 11.8 Å². The van der Waals surface area contributed by atoms with E-state index in [-0.39, 0.29) is 28.8 Å². The summed E-state index contributed by atoms with van der Waals surface area (Å²) in [5.74, 6) is -0.952. The van der Waals surface area contributed by atoms with Gasteiger partial charge in [0.1, 0.15) is 10.6 Å². The van der Waals surface area contributed by atoms with Gasteiger partial charge in [-0.1, -0.05) is 13.8 Å². The number of aromatic carboxylic acids is 1. The molecule has 0 aliphatic carbocycles. The van der Waals surface area contributed by atoms with Crippen LogP contribution in [0.1, 0.15) is 36.2 Å². The normalized spacial score (nSPS) is 19.3. The van der Waals surface area contributed by atoms with Gasteiger partial charge in [0.15, 0.2) is 0 Å². The molecule has 1 aliphatic heterocycles. The SMILES string of the molecule is COc1ccc(C(=O)O)cc1S(=O)(=O)Nc1cc(C(F)(F)F)ccc1N1CC(C)CC(C)C1. The van der Waals surface area contributed by atoms with Gasteiger partial charge < -0.3 is 14.7 Å². The van der Waals surface area contributed by atoms with E-state index in [9.17, 15) is 31.5 Å². The largest absolute Gasteiger partial charge is 0.495 e. The Hall–Kier alpha value is -2.95. The van der Waals surface area contributed by atoms with Crippen molar-refractivity contribution in [3.05, 3.63) is 47.5 Å². The first-order valence-electron chi connectivity index (χ1n) is 10.2.